The molecule has 0 saturated heterocycles. The summed E-state index contributed by atoms with van der Waals surface area (Å²) in [6.07, 6.45) is 4.49. The van der Waals surface area contributed by atoms with Crippen molar-refractivity contribution in [1.29, 1.82) is 0 Å². The predicted molar refractivity (Wildman–Crippen MR) is 75.5 cm³/mol. The quantitative estimate of drug-likeness (QED) is 0.387. The van der Waals surface area contributed by atoms with Crippen LogP contribution in [0.3, 0.4) is 0 Å². The normalized spacial score (nSPS) is 40.8. The lowest BCUT2D eigenvalue weighted by Gasteiger charge is -2.53. The maximum Gasteiger partial charge on any atom is 0.0815 e. The zero-order chi connectivity index (χ0) is 14.3. The highest BCUT2D eigenvalue weighted by molar-refractivity contribution is 5.92. The fraction of sp³-hybridized carbons (Fsp3) is 0.800. The second kappa shape index (κ2) is 4.91. The summed E-state index contributed by atoms with van der Waals surface area (Å²) in [6.45, 7) is 10.7. The summed E-state index contributed by atoms with van der Waals surface area (Å²) in [5.74, 6) is 1.21. The fourth-order valence-electron chi connectivity index (χ4n) is 3.87. The first-order valence-electron chi connectivity index (χ1n) is 7.14. The molecule has 0 aromatic heterocycles. The highest BCUT2D eigenvalue weighted by atomic mass is 16.5. The summed E-state index contributed by atoms with van der Waals surface area (Å²) >= 11 is 0. The van der Waals surface area contributed by atoms with E-state index in [1.54, 1.807) is 0 Å². The molecule has 0 amide bonds. The molecule has 0 radical (unpaired) electrons. The molecule has 4 heteroatoms. The number of oxime groups is 1. The van der Waals surface area contributed by atoms with Crippen LogP contribution in [0, 0.1) is 17.3 Å². The Kier molecular flexibility index (Phi) is 3.76. The van der Waals surface area contributed by atoms with Crippen LogP contribution in [0.5, 0.6) is 0 Å². The third kappa shape index (κ3) is 2.43. The van der Waals surface area contributed by atoms with Gasteiger partial charge in [0.2, 0.25) is 0 Å². The first kappa shape index (κ1) is 14.5. The van der Waals surface area contributed by atoms with Crippen molar-refractivity contribution in [1.82, 2.24) is 5.48 Å². The third-order valence-electron chi connectivity index (χ3n) is 5.40. The Balaban J connectivity index is 2.24. The van der Waals surface area contributed by atoms with Gasteiger partial charge in [-0.15, -0.1) is 0 Å². The summed E-state index contributed by atoms with van der Waals surface area (Å²) in [7, 11) is 0. The SMILES string of the molecule is C=C1CCC(=NO)C(C)(NO)CCC2C1CC2(C)C. The first-order chi connectivity index (χ1) is 8.84. The van der Waals surface area contributed by atoms with Crippen LogP contribution in [0.25, 0.3) is 0 Å². The molecule has 0 aromatic rings. The number of hydrogen-bond donors (Lipinski definition) is 3. The van der Waals surface area contributed by atoms with Gasteiger partial charge >= 0.3 is 0 Å². The van der Waals surface area contributed by atoms with E-state index in [-0.39, 0.29) is 0 Å². The number of fused-ring (bicyclic) bond motifs is 1. The van der Waals surface area contributed by atoms with Gasteiger partial charge in [-0.1, -0.05) is 31.2 Å². The van der Waals surface area contributed by atoms with Gasteiger partial charge in [-0.2, -0.15) is 5.48 Å². The van der Waals surface area contributed by atoms with Crippen LogP contribution in [0.15, 0.2) is 17.3 Å². The molecule has 2 aliphatic carbocycles. The first-order valence-corrected chi connectivity index (χ1v) is 7.14. The fourth-order valence-corrected chi connectivity index (χ4v) is 3.87. The monoisotopic (exact) mass is 266 g/mol. The lowest BCUT2D eigenvalue weighted by molar-refractivity contribution is -0.00532. The third-order valence-corrected chi connectivity index (χ3v) is 5.40. The Morgan fingerprint density at radius 3 is 2.53 bits per heavy atom. The molecular formula is C15H26N2O2. The second-order valence-corrected chi connectivity index (χ2v) is 7.09. The molecule has 0 heterocycles. The number of allylic oxidation sites excluding steroid dienone is 1. The summed E-state index contributed by atoms with van der Waals surface area (Å²) in [5, 5.41) is 22.1. The van der Waals surface area contributed by atoms with Crippen molar-refractivity contribution in [3.05, 3.63) is 12.2 Å². The number of nitrogens with zero attached hydrogens (tertiary/aromatic N) is 1. The molecule has 2 aliphatic rings. The van der Waals surface area contributed by atoms with E-state index in [0.29, 0.717) is 29.4 Å². The molecule has 3 N–H and O–H groups in total. The minimum atomic E-state index is -0.629. The smallest absolute Gasteiger partial charge is 0.0815 e. The Labute approximate surface area is 115 Å². The van der Waals surface area contributed by atoms with Crippen LogP contribution in [0.2, 0.25) is 0 Å². The molecule has 3 unspecified atom stereocenters. The van der Waals surface area contributed by atoms with Gasteiger partial charge in [-0.05, 0) is 56.3 Å². The van der Waals surface area contributed by atoms with Gasteiger partial charge in [0, 0.05) is 0 Å². The van der Waals surface area contributed by atoms with Gasteiger partial charge in [0.05, 0.1) is 11.3 Å². The molecular weight excluding hydrogens is 240 g/mol. The molecule has 108 valence electrons. The highest BCUT2D eigenvalue weighted by Crippen LogP contribution is 2.56. The van der Waals surface area contributed by atoms with Gasteiger partial charge in [0.15, 0.2) is 0 Å². The van der Waals surface area contributed by atoms with Crippen LogP contribution >= 0.6 is 0 Å². The van der Waals surface area contributed by atoms with Crippen molar-refractivity contribution in [2.75, 3.05) is 0 Å². The van der Waals surface area contributed by atoms with Crippen LogP contribution in [-0.2, 0) is 0 Å². The Morgan fingerprint density at radius 1 is 1.32 bits per heavy atom. The van der Waals surface area contributed by atoms with E-state index < -0.39 is 5.54 Å². The van der Waals surface area contributed by atoms with Gasteiger partial charge in [-0.3, -0.25) is 0 Å². The number of nitrogens with one attached hydrogen (secondary N) is 1. The Morgan fingerprint density at radius 2 is 2.00 bits per heavy atom. The number of hydrogen-bond acceptors (Lipinski definition) is 4. The zero-order valence-corrected chi connectivity index (χ0v) is 12.2. The molecule has 3 atom stereocenters. The van der Waals surface area contributed by atoms with Gasteiger partial charge in [0.25, 0.3) is 0 Å². The van der Waals surface area contributed by atoms with Crippen molar-refractivity contribution in [2.45, 2.75) is 58.4 Å². The summed E-state index contributed by atoms with van der Waals surface area (Å²) in [4.78, 5) is 0. The molecule has 19 heavy (non-hydrogen) atoms. The van der Waals surface area contributed by atoms with Crippen LogP contribution < -0.4 is 5.48 Å². The maximum absolute atomic E-state index is 9.46. The van der Waals surface area contributed by atoms with E-state index in [9.17, 15) is 10.4 Å². The van der Waals surface area contributed by atoms with Crippen molar-refractivity contribution in [3.8, 4) is 0 Å². The standard InChI is InChI=1S/C15H26N2O2/c1-10-5-6-13(16-18)15(4,17-19)8-7-12-11(10)9-14(12,2)3/h11-12,17-19H,1,5-9H2,2-4H3. The summed E-state index contributed by atoms with van der Waals surface area (Å²) < 4.78 is 0. The van der Waals surface area contributed by atoms with Crippen molar-refractivity contribution in [2.24, 2.45) is 22.4 Å². The van der Waals surface area contributed by atoms with Gasteiger partial charge < -0.3 is 10.4 Å². The van der Waals surface area contributed by atoms with E-state index in [2.05, 4.69) is 31.1 Å². The molecule has 0 bridgehead atoms. The van der Waals surface area contributed by atoms with Crippen LogP contribution in [-0.4, -0.2) is 21.7 Å². The Hall–Kier alpha value is -0.870. The average Bonchev–Trinajstić information content (AvgIpc) is 2.39. The minimum absolute atomic E-state index is 0.352. The number of hydroxylamine groups is 1. The topological polar surface area (TPSA) is 64.9 Å². The summed E-state index contributed by atoms with van der Waals surface area (Å²) in [5.41, 5.74) is 3.97. The van der Waals surface area contributed by atoms with Crippen LogP contribution in [0.1, 0.15) is 52.9 Å². The van der Waals surface area contributed by atoms with Gasteiger partial charge in [-0.25, -0.2) is 0 Å². The molecule has 0 spiro atoms. The van der Waals surface area contributed by atoms with E-state index >= 15 is 0 Å². The lowest BCUT2D eigenvalue weighted by Crippen LogP contribution is -2.49. The lowest BCUT2D eigenvalue weighted by atomic mass is 9.52. The predicted octanol–water partition coefficient (Wildman–Crippen LogP) is 3.35. The van der Waals surface area contributed by atoms with Crippen LogP contribution in [0.4, 0.5) is 0 Å². The molecule has 2 saturated carbocycles. The second-order valence-electron chi connectivity index (χ2n) is 7.09. The highest BCUT2D eigenvalue weighted by Gasteiger charge is 2.49. The molecule has 2 fully saturated rings. The average molecular weight is 266 g/mol. The van der Waals surface area contributed by atoms with Gasteiger partial charge in [0.1, 0.15) is 0 Å². The molecule has 4 nitrogen and oxygen atoms in total. The summed E-state index contributed by atoms with van der Waals surface area (Å²) in [6, 6.07) is 0. The van der Waals surface area contributed by atoms with E-state index in [0.717, 1.165) is 19.3 Å². The minimum Gasteiger partial charge on any atom is -0.411 e. The van der Waals surface area contributed by atoms with Crippen molar-refractivity contribution >= 4 is 5.71 Å². The van der Waals surface area contributed by atoms with E-state index in [1.807, 2.05) is 6.92 Å². The number of rotatable bonds is 1. The van der Waals surface area contributed by atoms with Crippen molar-refractivity contribution < 1.29 is 10.4 Å². The van der Waals surface area contributed by atoms with Crippen molar-refractivity contribution in [3.63, 3.8) is 0 Å². The maximum atomic E-state index is 9.46. The van der Waals surface area contributed by atoms with E-state index in [1.165, 1.54) is 12.0 Å². The molecule has 0 aromatic carbocycles. The zero-order valence-electron chi connectivity index (χ0n) is 12.2. The Bertz CT molecular complexity index is 403. The molecule has 0 aliphatic heterocycles. The molecule has 2 rings (SSSR count). The van der Waals surface area contributed by atoms with E-state index in [4.69, 9.17) is 0 Å². The largest absolute Gasteiger partial charge is 0.411 e.